The molecule has 15 nitrogen and oxygen atoms in total. The minimum absolute atomic E-state index is 0.0676. The highest BCUT2D eigenvalue weighted by atomic mass is 32.2. The molecule has 3 N–H and O–H groups in total. The van der Waals surface area contributed by atoms with E-state index in [4.69, 9.17) is 18.9 Å². The minimum atomic E-state index is -4.94. The molecule has 7 atom stereocenters. The van der Waals surface area contributed by atoms with Crippen LogP contribution in [0.15, 0.2) is 30.4 Å². The first-order chi connectivity index (χ1) is 28.1. The number of alkyl carbamates (subject to hydrolysis) is 1. The molecule has 0 unspecified atom stereocenters. The van der Waals surface area contributed by atoms with E-state index in [1.165, 1.54) is 26.4 Å². The number of benzene rings is 1. The summed E-state index contributed by atoms with van der Waals surface area (Å²) >= 11 is 0. The van der Waals surface area contributed by atoms with Crippen LogP contribution in [0.25, 0.3) is 10.9 Å². The van der Waals surface area contributed by atoms with Gasteiger partial charge in [-0.2, -0.15) is 13.2 Å². The zero-order valence-electron chi connectivity index (χ0n) is 34.2. The lowest BCUT2D eigenvalue weighted by molar-refractivity contribution is -0.244. The van der Waals surface area contributed by atoms with Crippen LogP contribution in [-0.2, 0) is 29.1 Å². The average molecular weight is 870 g/mol. The molecule has 330 valence electrons. The van der Waals surface area contributed by atoms with E-state index in [1.54, 1.807) is 13.0 Å². The second kappa shape index (κ2) is 16.9. The van der Waals surface area contributed by atoms with Gasteiger partial charge in [0.15, 0.2) is 11.6 Å². The number of nitrogens with one attached hydrogen (secondary N) is 3. The van der Waals surface area contributed by atoms with Crippen LogP contribution < -0.4 is 29.6 Å². The lowest BCUT2D eigenvalue weighted by Crippen LogP contribution is -2.59. The largest absolute Gasteiger partial charge is 0.494 e. The zero-order valence-corrected chi connectivity index (χ0v) is 35.0. The van der Waals surface area contributed by atoms with Gasteiger partial charge in [-0.1, -0.05) is 32.4 Å². The number of pyridine rings is 1. The molecule has 0 spiro atoms. The molecule has 0 bridgehead atoms. The van der Waals surface area contributed by atoms with Crippen molar-refractivity contribution < 1.29 is 64.1 Å². The summed E-state index contributed by atoms with van der Waals surface area (Å²) in [5.74, 6) is -4.57. The summed E-state index contributed by atoms with van der Waals surface area (Å²) in [4.78, 5) is 62.0. The maximum atomic E-state index is 15.0. The number of allylic oxidation sites excluding steroid dienone is 1. The molecule has 2 aromatic rings. The fourth-order valence-electron chi connectivity index (χ4n) is 7.87. The third kappa shape index (κ3) is 9.37. The Kier molecular flexibility index (Phi) is 12.6. The fourth-order valence-corrected chi connectivity index (χ4v) is 9.24. The van der Waals surface area contributed by atoms with Gasteiger partial charge < -0.3 is 34.5 Å². The maximum Gasteiger partial charge on any atom is 0.427 e. The molecule has 1 saturated heterocycles. The molecule has 2 saturated carbocycles. The molecule has 1 aromatic heterocycles. The summed E-state index contributed by atoms with van der Waals surface area (Å²) in [6.07, 6.45) is -1.47. The van der Waals surface area contributed by atoms with Crippen LogP contribution >= 0.6 is 0 Å². The van der Waals surface area contributed by atoms with Gasteiger partial charge in [-0.15, -0.1) is 0 Å². The number of sulfonamides is 1. The lowest BCUT2D eigenvalue weighted by Gasteiger charge is -2.35. The number of alkyl halides is 3. The Balaban J connectivity index is 1.39. The average Bonchev–Trinajstić information content (AvgIpc) is 4.10. The summed E-state index contributed by atoms with van der Waals surface area (Å²) in [5, 5.41) is 4.62. The van der Waals surface area contributed by atoms with Gasteiger partial charge in [0.2, 0.25) is 33.3 Å². The molecule has 2 aliphatic heterocycles. The summed E-state index contributed by atoms with van der Waals surface area (Å²) in [6, 6.07) is 0.982. The van der Waals surface area contributed by atoms with Gasteiger partial charge in [-0.05, 0) is 70.3 Å². The van der Waals surface area contributed by atoms with Crippen molar-refractivity contribution in [3.8, 4) is 17.4 Å². The number of fused-ring (bicyclic) bond motifs is 3. The van der Waals surface area contributed by atoms with Crippen molar-refractivity contribution in [2.24, 2.45) is 17.8 Å². The molecular weight excluding hydrogens is 819 g/mol. The summed E-state index contributed by atoms with van der Waals surface area (Å²) in [5.41, 5.74) is -4.37. The van der Waals surface area contributed by atoms with Crippen molar-refractivity contribution >= 4 is 44.7 Å². The van der Waals surface area contributed by atoms with Gasteiger partial charge in [-0.25, -0.2) is 22.6 Å². The van der Waals surface area contributed by atoms with Crippen LogP contribution in [0.2, 0.25) is 0 Å². The first-order valence-electron chi connectivity index (χ1n) is 19.9. The smallest absolute Gasteiger partial charge is 0.427 e. The van der Waals surface area contributed by atoms with E-state index < -0.39 is 92.2 Å². The number of carbonyl (C=O) groups is 4. The monoisotopic (exact) mass is 869 g/mol. The molecule has 1 aromatic carbocycles. The number of nitrogens with zero attached hydrogens (tertiary/aromatic N) is 2. The lowest BCUT2D eigenvalue weighted by atomic mass is 9.85. The van der Waals surface area contributed by atoms with Gasteiger partial charge in [0.05, 0.1) is 31.5 Å². The topological polar surface area (TPSA) is 192 Å². The van der Waals surface area contributed by atoms with Crippen LogP contribution in [0.4, 0.5) is 22.4 Å². The molecular formula is C40H51F4N5O10S. The number of carbonyl (C=O) groups excluding carboxylic acids is 4. The Morgan fingerprint density at radius 3 is 2.40 bits per heavy atom. The highest BCUT2D eigenvalue weighted by Crippen LogP contribution is 2.46. The SMILES string of the molecule is CC[C@@H]1C[C@H](C)CC/C=C\[C@@H]2C[C@@]2(C(=O)NS(=O)(=O)C2CC2)NC(=O)[C@@H]2C[C@@H](Oc3cc(OC)nc4cc(OC)c(F)cc34)CN2C(=O)[C@H]1NC(=O)OC(C)(C)C(F)(F)F. The Bertz CT molecular complexity index is 2150. The predicted molar refractivity (Wildman–Crippen MR) is 208 cm³/mol. The van der Waals surface area contributed by atoms with Gasteiger partial charge in [0.25, 0.3) is 5.91 Å². The summed E-state index contributed by atoms with van der Waals surface area (Å²) in [7, 11) is -1.38. The fraction of sp³-hybridized carbons (Fsp3) is 0.625. The Hall–Kier alpha value is -4.88. The predicted octanol–water partition coefficient (Wildman–Crippen LogP) is 5.06. The second-order valence-electron chi connectivity index (χ2n) is 16.6. The Morgan fingerprint density at radius 2 is 1.77 bits per heavy atom. The van der Waals surface area contributed by atoms with Crippen molar-refractivity contribution in [2.75, 3.05) is 20.8 Å². The van der Waals surface area contributed by atoms with Gasteiger partial charge in [-0.3, -0.25) is 19.1 Å². The molecule has 3 fully saturated rings. The normalized spacial score (nSPS) is 28.3. The van der Waals surface area contributed by atoms with Gasteiger partial charge in [0.1, 0.15) is 29.5 Å². The number of rotatable bonds is 10. The number of hydrogen-bond donors (Lipinski definition) is 3. The molecule has 3 heterocycles. The van der Waals surface area contributed by atoms with Crippen LogP contribution in [0.5, 0.6) is 17.4 Å². The van der Waals surface area contributed by atoms with Gasteiger partial charge in [0, 0.05) is 29.9 Å². The summed E-state index contributed by atoms with van der Waals surface area (Å²) < 4.78 is 106. The van der Waals surface area contributed by atoms with Crippen LogP contribution in [0.3, 0.4) is 0 Å². The van der Waals surface area contributed by atoms with E-state index in [-0.39, 0.29) is 53.6 Å². The molecule has 4 aliphatic rings. The minimum Gasteiger partial charge on any atom is -0.494 e. The molecule has 4 amide bonds. The van der Waals surface area contributed by atoms with Crippen molar-refractivity contribution in [2.45, 2.75) is 120 Å². The number of methoxy groups -OCH3 is 2. The third-order valence-electron chi connectivity index (χ3n) is 11.8. The van der Waals surface area contributed by atoms with Crippen LogP contribution in [0.1, 0.15) is 79.1 Å². The van der Waals surface area contributed by atoms with Crippen LogP contribution in [-0.4, -0.2) is 104 Å². The standard InChI is InChI=1S/C40H51F4N5O10S/c1-7-22-14-21(2)10-8-9-11-23-19-39(23,36(52)48-60(54,55)25-12-13-25)47-34(50)29-15-24(20-49(29)35(51)33(22)46-37(53)59-38(3,4)40(42,43)44)58-30-18-32(57-6)45-28-17-31(56-5)27(41)16-26(28)30/h9,11,16-18,21-25,29,33H,7-8,10,12-15,19-20H2,1-6H3,(H,46,53)(H,47,50)(H,48,52)/b11-9-/t21-,22-,23-,24-,29+,33+,39-/m1/s1. The highest BCUT2D eigenvalue weighted by Gasteiger charge is 2.62. The third-order valence-corrected chi connectivity index (χ3v) is 13.6. The number of amides is 4. The van der Waals surface area contributed by atoms with E-state index >= 15 is 4.39 Å². The number of hydrogen-bond acceptors (Lipinski definition) is 11. The van der Waals surface area contributed by atoms with E-state index in [0.29, 0.717) is 52.4 Å². The van der Waals surface area contributed by atoms with E-state index in [9.17, 15) is 40.8 Å². The number of aromatic nitrogens is 1. The Morgan fingerprint density at radius 1 is 1.05 bits per heavy atom. The van der Waals surface area contributed by atoms with Crippen molar-refractivity contribution in [3.05, 3.63) is 36.2 Å². The number of ether oxygens (including phenoxy) is 4. The second-order valence-corrected chi connectivity index (χ2v) is 18.6. The Labute approximate surface area is 345 Å². The molecule has 2 aliphatic carbocycles. The van der Waals surface area contributed by atoms with Crippen molar-refractivity contribution in [3.63, 3.8) is 0 Å². The molecule has 6 rings (SSSR count). The maximum absolute atomic E-state index is 15.0. The van der Waals surface area contributed by atoms with Gasteiger partial charge >= 0.3 is 12.3 Å². The molecule has 60 heavy (non-hydrogen) atoms. The van der Waals surface area contributed by atoms with E-state index in [2.05, 4.69) is 20.3 Å². The van der Waals surface area contributed by atoms with Crippen molar-refractivity contribution in [1.82, 2.24) is 25.2 Å². The first kappa shape index (κ1) is 44.7. The van der Waals surface area contributed by atoms with E-state index in [1.807, 2.05) is 13.0 Å². The molecule has 20 heteroatoms. The summed E-state index contributed by atoms with van der Waals surface area (Å²) in [6.45, 7) is 4.73. The van der Waals surface area contributed by atoms with E-state index in [0.717, 1.165) is 11.0 Å². The molecule has 0 radical (unpaired) electrons. The number of halogens is 4. The first-order valence-corrected chi connectivity index (χ1v) is 21.5. The van der Waals surface area contributed by atoms with Crippen LogP contribution in [0, 0.1) is 23.6 Å². The quantitative estimate of drug-likeness (QED) is 0.214. The zero-order chi connectivity index (χ0) is 43.9. The highest BCUT2D eigenvalue weighted by molar-refractivity contribution is 7.91. The van der Waals surface area contributed by atoms with Crippen molar-refractivity contribution in [1.29, 1.82) is 0 Å².